The van der Waals surface area contributed by atoms with Crippen molar-refractivity contribution in [3.63, 3.8) is 0 Å². The molecule has 1 unspecified atom stereocenters. The van der Waals surface area contributed by atoms with Crippen LogP contribution in [0.25, 0.3) is 0 Å². The summed E-state index contributed by atoms with van der Waals surface area (Å²) in [6.07, 6.45) is 1.85. The lowest BCUT2D eigenvalue weighted by molar-refractivity contribution is -0.124. The second-order valence-corrected chi connectivity index (χ2v) is 12.8. The summed E-state index contributed by atoms with van der Waals surface area (Å²) < 4.78 is 43.8. The summed E-state index contributed by atoms with van der Waals surface area (Å²) in [5.74, 6) is -1.04. The number of nitrogens with zero attached hydrogens (tertiary/aromatic N) is 2. The van der Waals surface area contributed by atoms with Gasteiger partial charge in [0.1, 0.15) is 36.4 Å². The van der Waals surface area contributed by atoms with E-state index in [2.05, 4.69) is 5.32 Å². The molecule has 1 aliphatic carbocycles. The topological polar surface area (TPSA) is 80.3 Å². The third-order valence-corrected chi connectivity index (χ3v) is 8.10. The minimum Gasteiger partial charge on any atom is -0.490 e. The standard InChI is InChI=1S/C34H38ClF2N3O5/c1-33(2,3)45-32(42)39-16-17-40(29(22-39)31(41)38-34(14-15-34)21-23-6-4-5-7-27(23)35)25-9-11-26(12-10-25)43-18-19-44-30-20-24(36)8-13-28(30)37/h4-13,20,29H,14-19,21-22H2,1-3H3,(H,38,41). The summed E-state index contributed by atoms with van der Waals surface area (Å²) in [5.41, 5.74) is 0.733. The monoisotopic (exact) mass is 641 g/mol. The van der Waals surface area contributed by atoms with Crippen LogP contribution in [0, 0.1) is 11.6 Å². The normalized spacial score (nSPS) is 17.4. The van der Waals surface area contributed by atoms with E-state index in [9.17, 15) is 18.4 Å². The van der Waals surface area contributed by atoms with Crippen molar-refractivity contribution in [3.05, 3.63) is 89.0 Å². The first-order valence-electron chi connectivity index (χ1n) is 15.0. The fourth-order valence-corrected chi connectivity index (χ4v) is 5.49. The summed E-state index contributed by atoms with van der Waals surface area (Å²) >= 11 is 6.42. The maximum absolute atomic E-state index is 13.9. The molecular formula is C34H38ClF2N3O5. The maximum atomic E-state index is 13.9. The van der Waals surface area contributed by atoms with Crippen LogP contribution in [-0.4, -0.2) is 66.9 Å². The molecule has 1 heterocycles. The highest BCUT2D eigenvalue weighted by Gasteiger charge is 2.47. The van der Waals surface area contributed by atoms with Gasteiger partial charge in [-0.05, 0) is 88.1 Å². The van der Waals surface area contributed by atoms with E-state index >= 15 is 0 Å². The third kappa shape index (κ3) is 8.57. The quantitative estimate of drug-likeness (QED) is 0.258. The molecule has 1 N–H and O–H groups in total. The Morgan fingerprint density at radius 2 is 1.69 bits per heavy atom. The summed E-state index contributed by atoms with van der Waals surface area (Å²) in [5, 5.41) is 3.95. The average Bonchev–Trinajstić information content (AvgIpc) is 3.76. The fraction of sp³-hybridized carbons (Fsp3) is 0.412. The van der Waals surface area contributed by atoms with Gasteiger partial charge in [-0.15, -0.1) is 0 Å². The average molecular weight is 642 g/mol. The largest absolute Gasteiger partial charge is 0.490 e. The van der Waals surface area contributed by atoms with E-state index in [-0.39, 0.29) is 37.0 Å². The van der Waals surface area contributed by atoms with Crippen molar-refractivity contribution in [2.75, 3.05) is 37.7 Å². The molecule has 1 aliphatic heterocycles. The number of carbonyl (C=O) groups excluding carboxylic acids is 2. The molecule has 5 rings (SSSR count). The van der Waals surface area contributed by atoms with Crippen LogP contribution in [0.2, 0.25) is 5.02 Å². The van der Waals surface area contributed by atoms with Gasteiger partial charge in [-0.3, -0.25) is 4.79 Å². The van der Waals surface area contributed by atoms with Gasteiger partial charge in [-0.25, -0.2) is 13.6 Å². The molecule has 3 aromatic rings. The Kier molecular flexibility index (Phi) is 9.72. The zero-order chi connectivity index (χ0) is 32.2. The first-order valence-corrected chi connectivity index (χ1v) is 15.4. The van der Waals surface area contributed by atoms with Crippen LogP contribution in [0.1, 0.15) is 39.2 Å². The van der Waals surface area contributed by atoms with Gasteiger partial charge in [0.25, 0.3) is 0 Å². The van der Waals surface area contributed by atoms with E-state index in [1.54, 1.807) is 17.0 Å². The van der Waals surface area contributed by atoms with E-state index in [4.69, 9.17) is 25.8 Å². The van der Waals surface area contributed by atoms with Crippen molar-refractivity contribution < 1.29 is 32.6 Å². The molecular weight excluding hydrogens is 604 g/mol. The zero-order valence-electron chi connectivity index (χ0n) is 25.7. The van der Waals surface area contributed by atoms with E-state index in [1.807, 2.05) is 62.1 Å². The van der Waals surface area contributed by atoms with Gasteiger partial charge in [-0.2, -0.15) is 0 Å². The molecule has 45 heavy (non-hydrogen) atoms. The third-order valence-electron chi connectivity index (χ3n) is 7.73. The van der Waals surface area contributed by atoms with Crippen molar-refractivity contribution >= 4 is 29.3 Å². The Morgan fingerprint density at radius 3 is 2.38 bits per heavy atom. The highest BCUT2D eigenvalue weighted by atomic mass is 35.5. The van der Waals surface area contributed by atoms with E-state index in [0.717, 1.165) is 42.3 Å². The molecule has 3 aromatic carbocycles. The molecule has 8 nitrogen and oxygen atoms in total. The first kappa shape index (κ1) is 32.3. The van der Waals surface area contributed by atoms with Crippen LogP contribution in [0.15, 0.2) is 66.7 Å². The molecule has 1 saturated heterocycles. The second kappa shape index (κ2) is 13.5. The summed E-state index contributed by atoms with van der Waals surface area (Å²) in [7, 11) is 0. The maximum Gasteiger partial charge on any atom is 0.410 e. The van der Waals surface area contributed by atoms with E-state index in [0.29, 0.717) is 30.3 Å². The molecule has 2 aliphatic rings. The Hall–Kier alpha value is -4.05. The van der Waals surface area contributed by atoms with Gasteiger partial charge in [-0.1, -0.05) is 29.8 Å². The van der Waals surface area contributed by atoms with Crippen molar-refractivity contribution in [3.8, 4) is 11.5 Å². The van der Waals surface area contributed by atoms with Crippen LogP contribution < -0.4 is 19.7 Å². The predicted octanol–water partition coefficient (Wildman–Crippen LogP) is 6.39. The summed E-state index contributed by atoms with van der Waals surface area (Å²) in [4.78, 5) is 30.5. The number of hydrogen-bond donors (Lipinski definition) is 1. The van der Waals surface area contributed by atoms with Gasteiger partial charge < -0.3 is 29.3 Å². The van der Waals surface area contributed by atoms with Crippen LogP contribution in [0.5, 0.6) is 11.5 Å². The number of carbonyl (C=O) groups is 2. The van der Waals surface area contributed by atoms with Gasteiger partial charge in [0, 0.05) is 35.4 Å². The lowest BCUT2D eigenvalue weighted by atomic mass is 10.0. The highest BCUT2D eigenvalue weighted by Crippen LogP contribution is 2.40. The number of anilines is 1. The van der Waals surface area contributed by atoms with Gasteiger partial charge in [0.2, 0.25) is 5.91 Å². The van der Waals surface area contributed by atoms with Gasteiger partial charge in [0.05, 0.1) is 6.54 Å². The Bertz CT molecular complexity index is 1510. The molecule has 0 radical (unpaired) electrons. The molecule has 0 bridgehead atoms. The number of nitrogens with one attached hydrogen (secondary N) is 1. The van der Waals surface area contributed by atoms with E-state index < -0.39 is 29.4 Å². The Labute approximate surface area is 267 Å². The lowest BCUT2D eigenvalue weighted by Crippen LogP contribution is -2.62. The zero-order valence-corrected chi connectivity index (χ0v) is 26.4. The number of ether oxygens (including phenoxy) is 3. The highest BCUT2D eigenvalue weighted by molar-refractivity contribution is 6.31. The molecule has 0 aromatic heterocycles. The molecule has 2 fully saturated rings. The second-order valence-electron chi connectivity index (χ2n) is 12.4. The summed E-state index contributed by atoms with van der Waals surface area (Å²) in [6, 6.07) is 17.2. The molecule has 240 valence electrons. The van der Waals surface area contributed by atoms with Crippen molar-refractivity contribution in [1.82, 2.24) is 10.2 Å². The van der Waals surface area contributed by atoms with Gasteiger partial charge in [0.15, 0.2) is 11.6 Å². The van der Waals surface area contributed by atoms with E-state index in [1.165, 1.54) is 0 Å². The first-order chi connectivity index (χ1) is 21.4. The fourth-order valence-electron chi connectivity index (χ4n) is 5.29. The molecule has 0 spiro atoms. The van der Waals surface area contributed by atoms with Crippen LogP contribution >= 0.6 is 11.6 Å². The van der Waals surface area contributed by atoms with Crippen LogP contribution in [-0.2, 0) is 16.0 Å². The number of rotatable bonds is 10. The lowest BCUT2D eigenvalue weighted by Gasteiger charge is -2.42. The number of benzene rings is 3. The van der Waals surface area contributed by atoms with Gasteiger partial charge >= 0.3 is 6.09 Å². The number of piperazine rings is 1. The molecule has 11 heteroatoms. The summed E-state index contributed by atoms with van der Waals surface area (Å²) in [6.45, 7) is 6.54. The van der Waals surface area contributed by atoms with Crippen molar-refractivity contribution in [2.24, 2.45) is 0 Å². The minimum atomic E-state index is -0.661. The smallest absolute Gasteiger partial charge is 0.410 e. The van der Waals surface area contributed by atoms with Crippen LogP contribution in [0.4, 0.5) is 19.3 Å². The van der Waals surface area contributed by atoms with Crippen molar-refractivity contribution in [1.29, 1.82) is 0 Å². The number of hydrogen-bond acceptors (Lipinski definition) is 6. The molecule has 1 atom stereocenters. The molecule has 1 saturated carbocycles. The number of halogens is 3. The minimum absolute atomic E-state index is 0.0208. The van der Waals surface area contributed by atoms with Crippen LogP contribution in [0.3, 0.4) is 0 Å². The SMILES string of the molecule is CC(C)(C)OC(=O)N1CCN(c2ccc(OCCOc3cc(F)ccc3F)cc2)C(C(=O)NC2(Cc3ccccc3Cl)CC2)C1. The number of amides is 2. The predicted molar refractivity (Wildman–Crippen MR) is 168 cm³/mol. The van der Waals surface area contributed by atoms with Crippen molar-refractivity contribution in [2.45, 2.75) is 57.2 Å². The Balaban J connectivity index is 1.25. The Morgan fingerprint density at radius 1 is 0.978 bits per heavy atom. The molecule has 2 amide bonds.